The van der Waals surface area contributed by atoms with Crippen LogP contribution in [0.3, 0.4) is 0 Å². The fourth-order valence-corrected chi connectivity index (χ4v) is 3.35. The van der Waals surface area contributed by atoms with Gasteiger partial charge in [-0.1, -0.05) is 12.1 Å². The van der Waals surface area contributed by atoms with E-state index in [0.29, 0.717) is 29.1 Å². The number of ether oxygens (including phenoxy) is 1. The summed E-state index contributed by atoms with van der Waals surface area (Å²) in [7, 11) is 2.08. The molecule has 1 aromatic carbocycles. The fourth-order valence-electron chi connectivity index (χ4n) is 3.35. The number of benzene rings is 1. The molecule has 9 nitrogen and oxygen atoms in total. The molecule has 1 fully saturated rings. The molecule has 3 aromatic rings. The SMILES string of the molecule is CCOc1cccc2cc(C(=O)Nc3cc(N4CCN(C)CC4)ncn3)c(=O)oc12. The number of fused-ring (bicyclic) bond motifs is 1. The number of nitrogens with one attached hydrogen (secondary N) is 1. The number of amides is 1. The van der Waals surface area contributed by atoms with Gasteiger partial charge in [0.15, 0.2) is 11.3 Å². The summed E-state index contributed by atoms with van der Waals surface area (Å²) in [5.41, 5.74) is -0.517. The van der Waals surface area contributed by atoms with Crippen molar-refractivity contribution in [2.75, 3.05) is 50.1 Å². The molecule has 9 heteroatoms. The van der Waals surface area contributed by atoms with E-state index >= 15 is 0 Å². The van der Waals surface area contributed by atoms with Gasteiger partial charge in [0.25, 0.3) is 5.91 Å². The van der Waals surface area contributed by atoms with Gasteiger partial charge in [0.05, 0.1) is 6.61 Å². The minimum Gasteiger partial charge on any atom is -0.490 e. The highest BCUT2D eigenvalue weighted by Gasteiger charge is 2.19. The van der Waals surface area contributed by atoms with Crippen LogP contribution in [0.5, 0.6) is 5.75 Å². The van der Waals surface area contributed by atoms with Crippen molar-refractivity contribution in [1.29, 1.82) is 0 Å². The Morgan fingerprint density at radius 2 is 2.00 bits per heavy atom. The van der Waals surface area contributed by atoms with E-state index in [4.69, 9.17) is 9.15 Å². The van der Waals surface area contributed by atoms with E-state index in [1.165, 1.54) is 12.4 Å². The summed E-state index contributed by atoms with van der Waals surface area (Å²) in [5, 5.41) is 3.28. The zero-order valence-corrected chi connectivity index (χ0v) is 16.9. The van der Waals surface area contributed by atoms with Crippen LogP contribution in [0.1, 0.15) is 17.3 Å². The number of aromatic nitrogens is 2. The molecule has 1 N–H and O–H groups in total. The lowest BCUT2D eigenvalue weighted by atomic mass is 10.1. The molecule has 4 rings (SSSR count). The van der Waals surface area contributed by atoms with Crippen LogP contribution < -0.4 is 20.6 Å². The minimum atomic E-state index is -0.736. The van der Waals surface area contributed by atoms with E-state index in [2.05, 4.69) is 32.1 Å². The Hall–Kier alpha value is -3.46. The molecule has 30 heavy (non-hydrogen) atoms. The maximum atomic E-state index is 12.7. The first-order chi connectivity index (χ1) is 14.5. The predicted molar refractivity (Wildman–Crippen MR) is 113 cm³/mol. The third-order valence-corrected chi connectivity index (χ3v) is 4.99. The molecule has 0 unspecified atom stereocenters. The third-order valence-electron chi connectivity index (χ3n) is 4.99. The van der Waals surface area contributed by atoms with Crippen LogP contribution in [0.25, 0.3) is 11.0 Å². The number of piperazine rings is 1. The fraction of sp³-hybridized carbons (Fsp3) is 0.333. The average molecular weight is 409 g/mol. The highest BCUT2D eigenvalue weighted by atomic mass is 16.5. The summed E-state index contributed by atoms with van der Waals surface area (Å²) in [5.74, 6) is 0.939. The lowest BCUT2D eigenvalue weighted by Crippen LogP contribution is -2.44. The largest absolute Gasteiger partial charge is 0.490 e. The Morgan fingerprint density at radius 3 is 2.77 bits per heavy atom. The lowest BCUT2D eigenvalue weighted by molar-refractivity contribution is 0.102. The zero-order valence-electron chi connectivity index (χ0n) is 16.9. The molecule has 156 valence electrons. The maximum Gasteiger partial charge on any atom is 0.349 e. The number of hydrogen-bond donors (Lipinski definition) is 1. The molecule has 1 aliphatic heterocycles. The van der Waals surface area contributed by atoms with Crippen molar-refractivity contribution in [2.45, 2.75) is 6.92 Å². The first-order valence-corrected chi connectivity index (χ1v) is 9.81. The summed E-state index contributed by atoms with van der Waals surface area (Å²) < 4.78 is 10.9. The van der Waals surface area contributed by atoms with E-state index < -0.39 is 11.5 Å². The molecule has 3 heterocycles. The Bertz CT molecular complexity index is 1120. The molecule has 1 amide bonds. The highest BCUT2D eigenvalue weighted by molar-refractivity contribution is 6.05. The summed E-state index contributed by atoms with van der Waals surface area (Å²) in [6.45, 7) is 5.85. The molecule has 1 aliphatic rings. The molecule has 0 spiro atoms. The van der Waals surface area contributed by atoms with Gasteiger partial charge in [-0.3, -0.25) is 4.79 Å². The normalized spacial score (nSPS) is 14.7. The third kappa shape index (κ3) is 4.11. The van der Waals surface area contributed by atoms with E-state index in [1.807, 2.05) is 6.92 Å². The van der Waals surface area contributed by atoms with Gasteiger partial charge in [0, 0.05) is 37.6 Å². The number of likely N-dealkylation sites (N-methyl/N-ethyl adjacent to an activating group) is 1. The van der Waals surface area contributed by atoms with Gasteiger partial charge >= 0.3 is 5.63 Å². The van der Waals surface area contributed by atoms with Crippen LogP contribution in [0.2, 0.25) is 0 Å². The summed E-state index contributed by atoms with van der Waals surface area (Å²) in [4.78, 5) is 38.0. The van der Waals surface area contributed by atoms with Gasteiger partial charge in [0.2, 0.25) is 0 Å². The number of anilines is 2. The number of hydrogen-bond acceptors (Lipinski definition) is 8. The van der Waals surface area contributed by atoms with Crippen LogP contribution in [0.15, 0.2) is 45.9 Å². The summed E-state index contributed by atoms with van der Waals surface area (Å²) in [6.07, 6.45) is 1.40. The minimum absolute atomic E-state index is 0.101. The smallest absolute Gasteiger partial charge is 0.349 e. The standard InChI is InChI=1S/C21H23N5O4/c1-3-29-16-6-4-5-14-11-15(21(28)30-19(14)16)20(27)24-17-12-18(23-13-22-17)26-9-7-25(2)8-10-26/h4-6,11-13H,3,7-10H2,1-2H3,(H,22,23,24,27). The van der Waals surface area contributed by atoms with Gasteiger partial charge in [-0.15, -0.1) is 0 Å². The van der Waals surface area contributed by atoms with Gasteiger partial charge in [0.1, 0.15) is 23.5 Å². The van der Waals surface area contributed by atoms with Crippen molar-refractivity contribution in [3.8, 4) is 5.75 Å². The van der Waals surface area contributed by atoms with E-state index in [9.17, 15) is 9.59 Å². The van der Waals surface area contributed by atoms with Crippen LogP contribution in [-0.2, 0) is 0 Å². The monoisotopic (exact) mass is 409 g/mol. The molecule has 1 saturated heterocycles. The van der Waals surface area contributed by atoms with Crippen LogP contribution in [0, 0.1) is 0 Å². The van der Waals surface area contributed by atoms with Gasteiger partial charge in [-0.2, -0.15) is 0 Å². The van der Waals surface area contributed by atoms with Gasteiger partial charge < -0.3 is 24.3 Å². The van der Waals surface area contributed by atoms with Crippen molar-refractivity contribution in [3.05, 3.63) is 52.6 Å². The Morgan fingerprint density at radius 1 is 1.20 bits per heavy atom. The van der Waals surface area contributed by atoms with Gasteiger partial charge in [-0.05, 0) is 26.1 Å². The van der Waals surface area contributed by atoms with Crippen molar-refractivity contribution in [1.82, 2.24) is 14.9 Å². The number of nitrogens with zero attached hydrogens (tertiary/aromatic N) is 4. The quantitative estimate of drug-likeness (QED) is 0.639. The van der Waals surface area contributed by atoms with E-state index in [-0.39, 0.29) is 5.56 Å². The number of para-hydroxylation sites is 1. The summed E-state index contributed by atoms with van der Waals surface area (Å²) in [6, 6.07) is 8.46. The Kier molecular flexibility index (Phi) is 5.62. The number of rotatable bonds is 5. The predicted octanol–water partition coefficient (Wildman–Crippen LogP) is 1.99. The molecule has 0 aliphatic carbocycles. The first-order valence-electron chi connectivity index (χ1n) is 9.81. The highest BCUT2D eigenvalue weighted by Crippen LogP contribution is 2.25. The van der Waals surface area contributed by atoms with Crippen molar-refractivity contribution in [2.24, 2.45) is 0 Å². The van der Waals surface area contributed by atoms with Crippen LogP contribution in [-0.4, -0.2) is 60.6 Å². The zero-order chi connectivity index (χ0) is 21.1. The second kappa shape index (κ2) is 8.50. The second-order valence-electron chi connectivity index (χ2n) is 7.06. The lowest BCUT2D eigenvalue weighted by Gasteiger charge is -2.33. The first kappa shape index (κ1) is 19.8. The van der Waals surface area contributed by atoms with E-state index in [1.54, 1.807) is 24.3 Å². The van der Waals surface area contributed by atoms with Crippen LogP contribution >= 0.6 is 0 Å². The molecule has 0 atom stereocenters. The topological polar surface area (TPSA) is 101 Å². The molecule has 2 aromatic heterocycles. The molecular formula is C21H23N5O4. The molecule has 0 saturated carbocycles. The van der Waals surface area contributed by atoms with Crippen molar-refractivity contribution >= 4 is 28.5 Å². The second-order valence-corrected chi connectivity index (χ2v) is 7.06. The van der Waals surface area contributed by atoms with Crippen molar-refractivity contribution in [3.63, 3.8) is 0 Å². The molecule has 0 radical (unpaired) electrons. The van der Waals surface area contributed by atoms with Gasteiger partial charge in [-0.25, -0.2) is 14.8 Å². The number of carbonyl (C=O) groups is 1. The Labute approximate surface area is 173 Å². The van der Waals surface area contributed by atoms with E-state index in [0.717, 1.165) is 32.0 Å². The maximum absolute atomic E-state index is 12.7. The van der Waals surface area contributed by atoms with Crippen LogP contribution in [0.4, 0.5) is 11.6 Å². The Balaban J connectivity index is 1.57. The molecule has 0 bridgehead atoms. The average Bonchev–Trinajstić information content (AvgIpc) is 2.74. The number of carbonyl (C=O) groups excluding carboxylic acids is 1. The summed E-state index contributed by atoms with van der Waals surface area (Å²) >= 11 is 0. The molecular weight excluding hydrogens is 386 g/mol. The van der Waals surface area contributed by atoms with Crippen molar-refractivity contribution < 1.29 is 13.9 Å².